The molecule has 1 aliphatic heterocycles. The molecule has 1 heterocycles. The number of hydrogen-bond acceptors (Lipinski definition) is 4. The second-order valence-electron chi connectivity index (χ2n) is 6.44. The van der Waals surface area contributed by atoms with Crippen LogP contribution < -0.4 is 5.32 Å². The zero-order valence-corrected chi connectivity index (χ0v) is 12.9. The molecule has 20 heavy (non-hydrogen) atoms. The topological polar surface area (TPSA) is 50.7 Å². The molecule has 4 nitrogen and oxygen atoms in total. The minimum Gasteiger partial charge on any atom is -0.394 e. The van der Waals surface area contributed by atoms with Gasteiger partial charge in [-0.1, -0.05) is 6.92 Å². The lowest BCUT2D eigenvalue weighted by atomic mass is 9.91. The Hall–Kier alpha value is -0.160. The molecule has 2 fully saturated rings. The lowest BCUT2D eigenvalue weighted by molar-refractivity contribution is 0.0175. The molecular weight excluding hydrogens is 254 g/mol. The van der Waals surface area contributed by atoms with Crippen molar-refractivity contribution in [2.24, 2.45) is 5.92 Å². The van der Waals surface area contributed by atoms with Crippen molar-refractivity contribution >= 4 is 0 Å². The predicted molar refractivity (Wildman–Crippen MR) is 79.9 cm³/mol. The van der Waals surface area contributed by atoms with Crippen molar-refractivity contribution in [3.8, 4) is 0 Å². The highest BCUT2D eigenvalue weighted by Gasteiger charge is 2.33. The van der Waals surface area contributed by atoms with Gasteiger partial charge in [0.15, 0.2) is 0 Å². The third-order valence-electron chi connectivity index (χ3n) is 4.71. The molecule has 1 saturated heterocycles. The molecule has 0 aromatic rings. The minimum atomic E-state index is -0.0802. The van der Waals surface area contributed by atoms with E-state index in [-0.39, 0.29) is 12.1 Å². The third kappa shape index (κ3) is 5.32. The van der Waals surface area contributed by atoms with Crippen LogP contribution in [0.1, 0.15) is 51.9 Å². The van der Waals surface area contributed by atoms with Gasteiger partial charge in [0.2, 0.25) is 0 Å². The van der Waals surface area contributed by atoms with Crippen LogP contribution in [0.2, 0.25) is 0 Å². The summed E-state index contributed by atoms with van der Waals surface area (Å²) < 4.78 is 11.2. The average Bonchev–Trinajstić information content (AvgIpc) is 3.31. The van der Waals surface area contributed by atoms with Crippen LogP contribution in [0.3, 0.4) is 0 Å². The van der Waals surface area contributed by atoms with Crippen molar-refractivity contribution in [3.05, 3.63) is 0 Å². The van der Waals surface area contributed by atoms with E-state index in [9.17, 15) is 5.11 Å². The molecule has 1 unspecified atom stereocenters. The first-order valence-corrected chi connectivity index (χ1v) is 8.32. The zero-order valence-electron chi connectivity index (χ0n) is 12.9. The van der Waals surface area contributed by atoms with E-state index in [1.807, 2.05) is 0 Å². The summed E-state index contributed by atoms with van der Waals surface area (Å²) in [5, 5.41) is 13.3. The highest BCUT2D eigenvalue weighted by Crippen LogP contribution is 2.26. The van der Waals surface area contributed by atoms with Crippen molar-refractivity contribution < 1.29 is 14.6 Å². The molecule has 0 amide bonds. The maximum atomic E-state index is 9.70. The molecule has 1 aliphatic carbocycles. The van der Waals surface area contributed by atoms with E-state index in [1.165, 1.54) is 12.8 Å². The van der Waals surface area contributed by atoms with Crippen LogP contribution in [0.15, 0.2) is 0 Å². The van der Waals surface area contributed by atoms with Crippen molar-refractivity contribution in [2.75, 3.05) is 33.0 Å². The van der Waals surface area contributed by atoms with E-state index in [4.69, 9.17) is 9.47 Å². The number of nitrogens with one attached hydrogen (secondary N) is 1. The van der Waals surface area contributed by atoms with Gasteiger partial charge in [0.1, 0.15) is 0 Å². The van der Waals surface area contributed by atoms with Gasteiger partial charge in [-0.05, 0) is 50.9 Å². The molecule has 1 atom stereocenters. The van der Waals surface area contributed by atoms with E-state index in [1.54, 1.807) is 0 Å². The van der Waals surface area contributed by atoms with Crippen LogP contribution in [0.5, 0.6) is 0 Å². The largest absolute Gasteiger partial charge is 0.394 e. The van der Waals surface area contributed by atoms with Crippen LogP contribution in [0.4, 0.5) is 0 Å². The quantitative estimate of drug-likeness (QED) is 0.604. The van der Waals surface area contributed by atoms with Gasteiger partial charge < -0.3 is 19.9 Å². The van der Waals surface area contributed by atoms with Gasteiger partial charge in [-0.3, -0.25) is 0 Å². The molecule has 2 rings (SSSR count). The van der Waals surface area contributed by atoms with Crippen molar-refractivity contribution in [1.82, 2.24) is 5.32 Å². The van der Waals surface area contributed by atoms with E-state index in [0.29, 0.717) is 12.0 Å². The Bertz CT molecular complexity index is 258. The lowest BCUT2D eigenvalue weighted by Gasteiger charge is -2.32. The van der Waals surface area contributed by atoms with Crippen molar-refractivity contribution in [2.45, 2.75) is 63.5 Å². The first-order chi connectivity index (χ1) is 9.78. The second-order valence-corrected chi connectivity index (χ2v) is 6.44. The Labute approximate surface area is 123 Å². The Kier molecular flexibility index (Phi) is 6.75. The molecule has 2 N–H and O–H groups in total. The highest BCUT2D eigenvalue weighted by molar-refractivity contribution is 4.94. The van der Waals surface area contributed by atoms with Gasteiger partial charge in [-0.2, -0.15) is 0 Å². The average molecular weight is 285 g/mol. The fraction of sp³-hybridized carbons (Fsp3) is 1.00. The van der Waals surface area contributed by atoms with Crippen LogP contribution in [0.25, 0.3) is 0 Å². The number of rotatable bonds is 10. The van der Waals surface area contributed by atoms with Gasteiger partial charge >= 0.3 is 0 Å². The first-order valence-electron chi connectivity index (χ1n) is 8.32. The number of aliphatic hydroxyl groups is 1. The van der Waals surface area contributed by atoms with Gasteiger partial charge in [0.25, 0.3) is 0 Å². The summed E-state index contributed by atoms with van der Waals surface area (Å²) in [7, 11) is 0. The summed E-state index contributed by atoms with van der Waals surface area (Å²) in [6, 6.07) is 0.644. The predicted octanol–water partition coefficient (Wildman–Crippen LogP) is 2.10. The molecule has 0 spiro atoms. The molecule has 4 heteroatoms. The zero-order chi connectivity index (χ0) is 14.3. The van der Waals surface area contributed by atoms with E-state index < -0.39 is 0 Å². The van der Waals surface area contributed by atoms with E-state index in [0.717, 1.165) is 58.5 Å². The molecule has 1 saturated carbocycles. The maximum Gasteiger partial charge on any atom is 0.0613 e. The van der Waals surface area contributed by atoms with Crippen LogP contribution >= 0.6 is 0 Å². The van der Waals surface area contributed by atoms with Gasteiger partial charge in [-0.15, -0.1) is 0 Å². The molecule has 0 bridgehead atoms. The monoisotopic (exact) mass is 285 g/mol. The smallest absolute Gasteiger partial charge is 0.0613 e. The summed E-state index contributed by atoms with van der Waals surface area (Å²) in [5.74, 6) is 0.683. The normalized spacial score (nSPS) is 23.7. The summed E-state index contributed by atoms with van der Waals surface area (Å²) >= 11 is 0. The van der Waals surface area contributed by atoms with Crippen molar-refractivity contribution in [1.29, 1.82) is 0 Å². The van der Waals surface area contributed by atoms with Crippen molar-refractivity contribution in [3.63, 3.8) is 0 Å². The number of aliphatic hydroxyl groups excluding tert-OH is 1. The van der Waals surface area contributed by atoms with E-state index >= 15 is 0 Å². The summed E-state index contributed by atoms with van der Waals surface area (Å²) in [6.07, 6.45) is 7.82. The molecule has 0 radical (unpaired) electrons. The maximum absolute atomic E-state index is 9.70. The minimum absolute atomic E-state index is 0.0802. The molecule has 118 valence electrons. The van der Waals surface area contributed by atoms with Gasteiger partial charge in [0.05, 0.1) is 6.61 Å². The van der Waals surface area contributed by atoms with Crippen LogP contribution in [-0.2, 0) is 9.47 Å². The SMILES string of the molecule is CCC(CO)(CCCOCC1CCOCC1)NC1CC1. The fourth-order valence-corrected chi connectivity index (χ4v) is 2.92. The van der Waals surface area contributed by atoms with Crippen LogP contribution in [0, 0.1) is 5.92 Å². The van der Waals surface area contributed by atoms with Crippen LogP contribution in [-0.4, -0.2) is 49.7 Å². The molecule has 0 aromatic heterocycles. The lowest BCUT2D eigenvalue weighted by Crippen LogP contribution is -2.49. The molecule has 2 aliphatic rings. The standard InChI is InChI=1S/C16H31NO3/c1-2-16(13-18,17-15-4-5-15)8-3-9-20-12-14-6-10-19-11-7-14/h14-15,17-18H,2-13H2,1H3. The first kappa shape index (κ1) is 16.2. The Balaban J connectivity index is 1.57. The van der Waals surface area contributed by atoms with Gasteiger partial charge in [-0.25, -0.2) is 0 Å². The Morgan fingerprint density at radius 2 is 2.00 bits per heavy atom. The third-order valence-corrected chi connectivity index (χ3v) is 4.71. The number of hydrogen-bond donors (Lipinski definition) is 2. The Morgan fingerprint density at radius 3 is 2.60 bits per heavy atom. The summed E-state index contributed by atoms with van der Waals surface area (Å²) in [6.45, 7) is 5.86. The van der Waals surface area contributed by atoms with E-state index in [2.05, 4.69) is 12.2 Å². The second kappa shape index (κ2) is 8.32. The fourth-order valence-electron chi connectivity index (χ4n) is 2.92. The molecule has 0 aromatic carbocycles. The molecular formula is C16H31NO3. The summed E-state index contributed by atoms with van der Waals surface area (Å²) in [4.78, 5) is 0. The van der Waals surface area contributed by atoms with Gasteiger partial charge in [0, 0.05) is 38.0 Å². The highest BCUT2D eigenvalue weighted by atomic mass is 16.5. The number of ether oxygens (including phenoxy) is 2. The summed E-state index contributed by atoms with van der Waals surface area (Å²) in [5.41, 5.74) is -0.0802. The Morgan fingerprint density at radius 1 is 1.25 bits per heavy atom.